The Labute approximate surface area is 199 Å². The van der Waals surface area contributed by atoms with Gasteiger partial charge >= 0.3 is 6.09 Å². The highest BCUT2D eigenvalue weighted by molar-refractivity contribution is 7.80. The number of hydrogen-bond donors (Lipinski definition) is 3. The van der Waals surface area contributed by atoms with Gasteiger partial charge in [-0.15, -0.1) is 12.6 Å². The number of nitrogens with zero attached hydrogens (tertiary/aromatic N) is 3. The van der Waals surface area contributed by atoms with Gasteiger partial charge < -0.3 is 24.4 Å². The molecule has 0 bridgehead atoms. The third kappa shape index (κ3) is 4.88. The molecule has 2 aromatic carbocycles. The van der Waals surface area contributed by atoms with Crippen LogP contribution >= 0.6 is 12.6 Å². The smallest absolute Gasteiger partial charge is 0.414 e. The Kier molecular flexibility index (Phi) is 7.12. The molecule has 3 rings (SSSR count). The molecule has 0 aliphatic carbocycles. The van der Waals surface area contributed by atoms with E-state index in [0.29, 0.717) is 22.0 Å². The quantitative estimate of drug-likeness (QED) is 0.440. The third-order valence-electron chi connectivity index (χ3n) is 5.28. The summed E-state index contributed by atoms with van der Waals surface area (Å²) in [5, 5.41) is 18.7. The van der Waals surface area contributed by atoms with Gasteiger partial charge in [0, 0.05) is 45.4 Å². The number of methoxy groups -OCH3 is 1. The fraction of sp³-hybridized carbons (Fsp3) is 0.333. The fourth-order valence-corrected chi connectivity index (χ4v) is 3.80. The number of hydrogen-bond acceptors (Lipinski definition) is 7. The van der Waals surface area contributed by atoms with E-state index in [9.17, 15) is 9.90 Å². The standard InChI is InChI=1S/C24H30N4O4S/c1-13(2)15-11-16(18(29)12-20(15)32-24(30)28(5)6)22-21(23(33)26-25-22)14-8-9-19(31-7)17(10-14)27(3)4/h8-13,29H,1-7H3,(H2,25,26,33). The van der Waals surface area contributed by atoms with Crippen LogP contribution in [-0.2, 0) is 0 Å². The van der Waals surface area contributed by atoms with Crippen LogP contribution in [-0.4, -0.2) is 61.6 Å². The molecule has 0 fully saturated rings. The molecule has 0 atom stereocenters. The average Bonchev–Trinajstić information content (AvgIpc) is 3.13. The number of amides is 1. The normalized spacial score (nSPS) is 10.9. The second kappa shape index (κ2) is 9.66. The Balaban J connectivity index is 2.17. The highest BCUT2D eigenvalue weighted by Gasteiger charge is 2.23. The molecule has 0 unspecified atom stereocenters. The molecule has 9 heteroatoms. The predicted octanol–water partition coefficient (Wildman–Crippen LogP) is 5.00. The summed E-state index contributed by atoms with van der Waals surface area (Å²) in [6.45, 7) is 3.99. The van der Waals surface area contributed by atoms with Gasteiger partial charge in [-0.3, -0.25) is 5.10 Å². The number of thiol groups is 1. The minimum atomic E-state index is -0.515. The first-order valence-electron chi connectivity index (χ1n) is 10.4. The van der Waals surface area contributed by atoms with E-state index in [0.717, 1.165) is 28.1 Å². The number of nitrogens with one attached hydrogen (secondary N) is 1. The van der Waals surface area contributed by atoms with Gasteiger partial charge in [0.25, 0.3) is 0 Å². The van der Waals surface area contributed by atoms with Gasteiger partial charge in [-0.1, -0.05) is 19.9 Å². The average molecular weight is 471 g/mol. The second-order valence-corrected chi connectivity index (χ2v) is 8.83. The SMILES string of the molecule is COc1ccc(-c2c(S)n[nH]c2-c2cc(C(C)C)c(OC(=O)N(C)C)cc2O)cc1N(C)C. The second-order valence-electron chi connectivity index (χ2n) is 8.40. The highest BCUT2D eigenvalue weighted by Crippen LogP contribution is 2.44. The largest absolute Gasteiger partial charge is 0.507 e. The predicted molar refractivity (Wildman–Crippen MR) is 133 cm³/mol. The van der Waals surface area contributed by atoms with Crippen LogP contribution in [0.4, 0.5) is 10.5 Å². The van der Waals surface area contributed by atoms with Crippen molar-refractivity contribution in [1.82, 2.24) is 15.1 Å². The lowest BCUT2D eigenvalue weighted by atomic mass is 9.94. The Hall–Kier alpha value is -3.33. The monoisotopic (exact) mass is 470 g/mol. The molecule has 33 heavy (non-hydrogen) atoms. The van der Waals surface area contributed by atoms with Crippen LogP contribution in [0, 0.1) is 0 Å². The molecule has 3 aromatic rings. The van der Waals surface area contributed by atoms with E-state index in [1.54, 1.807) is 21.2 Å². The van der Waals surface area contributed by atoms with Crippen LogP contribution in [0.15, 0.2) is 35.4 Å². The number of anilines is 1. The zero-order valence-corrected chi connectivity index (χ0v) is 20.8. The van der Waals surface area contributed by atoms with Crippen LogP contribution < -0.4 is 14.4 Å². The van der Waals surface area contributed by atoms with Crippen molar-refractivity contribution in [2.45, 2.75) is 24.8 Å². The van der Waals surface area contributed by atoms with Crippen LogP contribution in [0.2, 0.25) is 0 Å². The van der Waals surface area contributed by atoms with Crippen molar-refractivity contribution in [3.05, 3.63) is 35.9 Å². The Bertz CT molecular complexity index is 1170. The Morgan fingerprint density at radius 1 is 1.12 bits per heavy atom. The number of carbonyl (C=O) groups excluding carboxylic acids is 1. The number of ether oxygens (including phenoxy) is 2. The minimum Gasteiger partial charge on any atom is -0.507 e. The molecular weight excluding hydrogens is 440 g/mol. The number of phenolic OH excluding ortho intramolecular Hbond substituents is 1. The Morgan fingerprint density at radius 3 is 2.39 bits per heavy atom. The number of rotatable bonds is 6. The van der Waals surface area contributed by atoms with E-state index in [-0.39, 0.29) is 11.7 Å². The van der Waals surface area contributed by atoms with Gasteiger partial charge in [0.1, 0.15) is 22.3 Å². The molecular formula is C24H30N4O4S. The molecule has 0 aliphatic heterocycles. The maximum atomic E-state index is 12.1. The first kappa shape index (κ1) is 24.3. The fourth-order valence-electron chi connectivity index (χ4n) is 3.51. The number of aromatic hydroxyl groups is 1. The zero-order chi connectivity index (χ0) is 24.4. The molecule has 0 radical (unpaired) electrons. The summed E-state index contributed by atoms with van der Waals surface area (Å²) in [6.07, 6.45) is -0.515. The first-order chi connectivity index (χ1) is 15.5. The molecule has 176 valence electrons. The lowest BCUT2D eigenvalue weighted by Crippen LogP contribution is -2.25. The molecule has 0 spiro atoms. The van der Waals surface area contributed by atoms with E-state index >= 15 is 0 Å². The van der Waals surface area contributed by atoms with Crippen molar-refractivity contribution in [1.29, 1.82) is 0 Å². The zero-order valence-electron chi connectivity index (χ0n) is 19.9. The molecule has 1 amide bonds. The van der Waals surface area contributed by atoms with Gasteiger partial charge in [0.2, 0.25) is 0 Å². The summed E-state index contributed by atoms with van der Waals surface area (Å²) in [4.78, 5) is 15.4. The number of aromatic nitrogens is 2. The lowest BCUT2D eigenvalue weighted by molar-refractivity contribution is 0.171. The van der Waals surface area contributed by atoms with Crippen LogP contribution in [0.3, 0.4) is 0 Å². The van der Waals surface area contributed by atoms with E-state index < -0.39 is 6.09 Å². The van der Waals surface area contributed by atoms with E-state index in [4.69, 9.17) is 9.47 Å². The van der Waals surface area contributed by atoms with Gasteiger partial charge in [0.15, 0.2) is 0 Å². The van der Waals surface area contributed by atoms with Crippen molar-refractivity contribution in [2.75, 3.05) is 40.2 Å². The number of carbonyl (C=O) groups is 1. The maximum absolute atomic E-state index is 12.1. The van der Waals surface area contributed by atoms with Gasteiger partial charge in [-0.05, 0) is 35.2 Å². The van der Waals surface area contributed by atoms with Crippen molar-refractivity contribution >= 4 is 24.4 Å². The molecule has 0 saturated heterocycles. The van der Waals surface area contributed by atoms with Gasteiger partial charge in [-0.25, -0.2) is 4.79 Å². The van der Waals surface area contributed by atoms with Crippen molar-refractivity contribution in [2.24, 2.45) is 0 Å². The van der Waals surface area contributed by atoms with Gasteiger partial charge in [-0.2, -0.15) is 5.10 Å². The van der Waals surface area contributed by atoms with E-state index in [1.165, 1.54) is 11.0 Å². The maximum Gasteiger partial charge on any atom is 0.414 e. The molecule has 8 nitrogen and oxygen atoms in total. The summed E-state index contributed by atoms with van der Waals surface area (Å²) >= 11 is 4.56. The highest BCUT2D eigenvalue weighted by atomic mass is 32.1. The van der Waals surface area contributed by atoms with Crippen LogP contribution in [0.25, 0.3) is 22.4 Å². The number of aromatic amines is 1. The summed E-state index contributed by atoms with van der Waals surface area (Å²) in [5.41, 5.74) is 4.43. The summed E-state index contributed by atoms with van der Waals surface area (Å²) < 4.78 is 11.0. The molecule has 0 aliphatic rings. The topological polar surface area (TPSA) is 90.9 Å². The van der Waals surface area contributed by atoms with Crippen molar-refractivity contribution in [3.63, 3.8) is 0 Å². The molecule has 2 N–H and O–H groups in total. The minimum absolute atomic E-state index is 0.0393. The van der Waals surface area contributed by atoms with Crippen LogP contribution in [0.1, 0.15) is 25.3 Å². The molecule has 1 aromatic heterocycles. The van der Waals surface area contributed by atoms with Crippen LogP contribution in [0.5, 0.6) is 17.2 Å². The van der Waals surface area contributed by atoms with Crippen molar-refractivity contribution < 1.29 is 19.4 Å². The molecule has 1 heterocycles. The van der Waals surface area contributed by atoms with Gasteiger partial charge in [0.05, 0.1) is 18.5 Å². The summed E-state index contributed by atoms with van der Waals surface area (Å²) in [7, 11) is 8.72. The summed E-state index contributed by atoms with van der Waals surface area (Å²) in [5.74, 6) is 1.06. The number of phenols is 1. The lowest BCUT2D eigenvalue weighted by Gasteiger charge is -2.19. The number of benzene rings is 2. The molecule has 0 saturated carbocycles. The third-order valence-corrected chi connectivity index (χ3v) is 5.60. The Morgan fingerprint density at radius 2 is 1.82 bits per heavy atom. The first-order valence-corrected chi connectivity index (χ1v) is 10.9. The summed E-state index contributed by atoms with van der Waals surface area (Å²) in [6, 6.07) is 9.08. The number of H-pyrrole nitrogens is 1. The van der Waals surface area contributed by atoms with Crippen molar-refractivity contribution in [3.8, 4) is 39.6 Å². The van der Waals surface area contributed by atoms with E-state index in [1.807, 2.05) is 57.1 Å². The van der Waals surface area contributed by atoms with E-state index in [2.05, 4.69) is 22.8 Å².